The molecule has 1 saturated heterocycles. The number of anilines is 1. The molecular formula is C12H17N5S. The minimum atomic E-state index is 0.0900. The Balaban J connectivity index is 1.88. The molecule has 0 saturated carbocycles. The Morgan fingerprint density at radius 3 is 2.61 bits per heavy atom. The highest BCUT2D eigenvalue weighted by atomic mass is 32.2. The predicted octanol–water partition coefficient (Wildman–Crippen LogP) is 1.30. The zero-order valence-electron chi connectivity index (χ0n) is 10.2. The van der Waals surface area contributed by atoms with Gasteiger partial charge in [0, 0.05) is 32.4 Å². The third-order valence-electron chi connectivity index (χ3n) is 2.83. The van der Waals surface area contributed by atoms with Gasteiger partial charge in [-0.2, -0.15) is 0 Å². The van der Waals surface area contributed by atoms with E-state index in [-0.39, 0.29) is 5.17 Å². The van der Waals surface area contributed by atoms with Crippen molar-refractivity contribution in [3.05, 3.63) is 36.0 Å². The lowest BCUT2D eigenvalue weighted by Gasteiger charge is -2.37. The standard InChI is InChI=1S/C12H17N5S/c1-10(18-12(13)14)16-6-8-17(9-7-16)11-4-2-3-5-15-11/h2-5H,1,6-9H2,(H3,13,14). The molecule has 1 aromatic heterocycles. The molecule has 3 N–H and O–H groups in total. The van der Waals surface area contributed by atoms with Crippen LogP contribution in [-0.4, -0.2) is 41.2 Å². The zero-order valence-corrected chi connectivity index (χ0v) is 11.0. The summed E-state index contributed by atoms with van der Waals surface area (Å²) < 4.78 is 0. The number of nitrogens with one attached hydrogen (secondary N) is 1. The molecule has 0 amide bonds. The van der Waals surface area contributed by atoms with Gasteiger partial charge in [0.25, 0.3) is 0 Å². The van der Waals surface area contributed by atoms with E-state index in [1.807, 2.05) is 24.4 Å². The minimum absolute atomic E-state index is 0.0900. The number of thioether (sulfide) groups is 1. The Bertz CT molecular complexity index is 425. The molecule has 96 valence electrons. The van der Waals surface area contributed by atoms with E-state index in [4.69, 9.17) is 11.1 Å². The molecule has 0 atom stereocenters. The average molecular weight is 263 g/mol. The van der Waals surface area contributed by atoms with Gasteiger partial charge in [-0.25, -0.2) is 4.98 Å². The summed E-state index contributed by atoms with van der Waals surface area (Å²) in [6.45, 7) is 7.54. The van der Waals surface area contributed by atoms with Gasteiger partial charge in [0.15, 0.2) is 5.17 Å². The monoisotopic (exact) mass is 263 g/mol. The molecule has 6 heteroatoms. The molecule has 5 nitrogen and oxygen atoms in total. The normalized spacial score (nSPS) is 15.6. The van der Waals surface area contributed by atoms with Crippen molar-refractivity contribution < 1.29 is 0 Å². The summed E-state index contributed by atoms with van der Waals surface area (Å²) in [5.74, 6) is 1.02. The maximum atomic E-state index is 7.25. The molecule has 0 aromatic carbocycles. The number of pyridine rings is 1. The van der Waals surface area contributed by atoms with Crippen LogP contribution in [0.4, 0.5) is 5.82 Å². The first-order valence-electron chi connectivity index (χ1n) is 5.78. The molecule has 0 aliphatic carbocycles. The van der Waals surface area contributed by atoms with Crippen LogP contribution in [0.2, 0.25) is 0 Å². The van der Waals surface area contributed by atoms with E-state index in [0.29, 0.717) is 0 Å². The van der Waals surface area contributed by atoms with E-state index < -0.39 is 0 Å². The highest BCUT2D eigenvalue weighted by Gasteiger charge is 2.19. The molecule has 1 fully saturated rings. The fourth-order valence-electron chi connectivity index (χ4n) is 1.92. The fourth-order valence-corrected chi connectivity index (χ4v) is 2.48. The van der Waals surface area contributed by atoms with E-state index in [1.54, 1.807) is 0 Å². The second kappa shape index (κ2) is 5.77. The molecule has 2 rings (SSSR count). The smallest absolute Gasteiger partial charge is 0.157 e. The third-order valence-corrected chi connectivity index (χ3v) is 3.55. The lowest BCUT2D eigenvalue weighted by Crippen LogP contribution is -2.45. The second-order valence-corrected chi connectivity index (χ2v) is 5.14. The molecule has 2 heterocycles. The number of hydrogen-bond donors (Lipinski definition) is 2. The molecule has 18 heavy (non-hydrogen) atoms. The van der Waals surface area contributed by atoms with Gasteiger partial charge in [-0.3, -0.25) is 5.41 Å². The first-order chi connectivity index (χ1) is 8.66. The minimum Gasteiger partial charge on any atom is -0.378 e. The lowest BCUT2D eigenvalue weighted by atomic mass is 10.3. The quantitative estimate of drug-likeness (QED) is 0.635. The zero-order chi connectivity index (χ0) is 13.0. The summed E-state index contributed by atoms with van der Waals surface area (Å²) >= 11 is 1.22. The number of amidine groups is 1. The van der Waals surface area contributed by atoms with Crippen LogP contribution >= 0.6 is 11.8 Å². The molecule has 0 radical (unpaired) electrons. The Labute approximate surface area is 111 Å². The SMILES string of the molecule is C=C(SC(=N)N)N1CCN(c2ccccn2)CC1. The highest BCUT2D eigenvalue weighted by Crippen LogP contribution is 2.21. The van der Waals surface area contributed by atoms with E-state index in [0.717, 1.165) is 37.0 Å². The largest absolute Gasteiger partial charge is 0.378 e. The van der Waals surface area contributed by atoms with Gasteiger partial charge in [0.2, 0.25) is 0 Å². The Morgan fingerprint density at radius 2 is 2.06 bits per heavy atom. The van der Waals surface area contributed by atoms with Gasteiger partial charge in [-0.1, -0.05) is 12.6 Å². The van der Waals surface area contributed by atoms with Gasteiger partial charge in [0.1, 0.15) is 5.82 Å². The van der Waals surface area contributed by atoms with Crippen LogP contribution in [0.5, 0.6) is 0 Å². The van der Waals surface area contributed by atoms with Crippen molar-refractivity contribution in [3.8, 4) is 0 Å². The number of hydrogen-bond acceptors (Lipinski definition) is 5. The maximum absolute atomic E-state index is 7.25. The Morgan fingerprint density at radius 1 is 1.33 bits per heavy atom. The topological polar surface area (TPSA) is 69.2 Å². The molecule has 0 bridgehead atoms. The molecular weight excluding hydrogens is 246 g/mol. The van der Waals surface area contributed by atoms with Crippen molar-refractivity contribution in [2.24, 2.45) is 5.73 Å². The average Bonchev–Trinajstić information content (AvgIpc) is 2.39. The number of piperazine rings is 1. The number of nitrogens with two attached hydrogens (primary N) is 1. The number of nitrogens with zero attached hydrogens (tertiary/aromatic N) is 3. The molecule has 1 aromatic rings. The summed E-state index contributed by atoms with van der Waals surface area (Å²) in [7, 11) is 0. The number of aromatic nitrogens is 1. The van der Waals surface area contributed by atoms with Crippen molar-refractivity contribution in [2.75, 3.05) is 31.1 Å². The van der Waals surface area contributed by atoms with Gasteiger partial charge in [-0.15, -0.1) is 0 Å². The van der Waals surface area contributed by atoms with E-state index in [9.17, 15) is 0 Å². The highest BCUT2D eigenvalue weighted by molar-refractivity contribution is 8.16. The fraction of sp³-hybridized carbons (Fsp3) is 0.333. The maximum Gasteiger partial charge on any atom is 0.157 e. The molecule has 1 aliphatic rings. The Kier molecular flexibility index (Phi) is 4.09. The van der Waals surface area contributed by atoms with E-state index >= 15 is 0 Å². The van der Waals surface area contributed by atoms with Crippen molar-refractivity contribution in [1.82, 2.24) is 9.88 Å². The van der Waals surface area contributed by atoms with Crippen molar-refractivity contribution in [2.45, 2.75) is 0 Å². The van der Waals surface area contributed by atoms with Crippen LogP contribution < -0.4 is 10.6 Å². The van der Waals surface area contributed by atoms with Crippen LogP contribution in [0.3, 0.4) is 0 Å². The third kappa shape index (κ3) is 3.16. The van der Waals surface area contributed by atoms with Crippen LogP contribution in [0, 0.1) is 5.41 Å². The van der Waals surface area contributed by atoms with Crippen molar-refractivity contribution in [3.63, 3.8) is 0 Å². The van der Waals surface area contributed by atoms with Crippen molar-refractivity contribution in [1.29, 1.82) is 5.41 Å². The Hall–Kier alpha value is -1.69. The first kappa shape index (κ1) is 12.8. The summed E-state index contributed by atoms with van der Waals surface area (Å²) in [6, 6.07) is 5.94. The van der Waals surface area contributed by atoms with E-state index in [2.05, 4.69) is 21.4 Å². The lowest BCUT2D eigenvalue weighted by molar-refractivity contribution is 0.341. The molecule has 1 aliphatic heterocycles. The predicted molar refractivity (Wildman–Crippen MR) is 76.7 cm³/mol. The first-order valence-corrected chi connectivity index (χ1v) is 6.60. The molecule has 0 spiro atoms. The van der Waals surface area contributed by atoms with Crippen molar-refractivity contribution >= 4 is 22.7 Å². The van der Waals surface area contributed by atoms with Crippen LogP contribution in [0.1, 0.15) is 0 Å². The summed E-state index contributed by atoms with van der Waals surface area (Å²) in [5, 5.41) is 8.19. The van der Waals surface area contributed by atoms with Gasteiger partial charge < -0.3 is 15.5 Å². The summed E-state index contributed by atoms with van der Waals surface area (Å²) in [5.41, 5.74) is 5.36. The second-order valence-electron chi connectivity index (χ2n) is 4.02. The van der Waals surface area contributed by atoms with E-state index in [1.165, 1.54) is 11.8 Å². The van der Waals surface area contributed by atoms with Crippen LogP contribution in [0.25, 0.3) is 0 Å². The van der Waals surface area contributed by atoms with Crippen LogP contribution in [-0.2, 0) is 0 Å². The van der Waals surface area contributed by atoms with Gasteiger partial charge in [-0.05, 0) is 23.9 Å². The summed E-state index contributed by atoms with van der Waals surface area (Å²) in [4.78, 5) is 8.76. The van der Waals surface area contributed by atoms with Crippen LogP contribution in [0.15, 0.2) is 36.0 Å². The summed E-state index contributed by atoms with van der Waals surface area (Å²) in [6.07, 6.45) is 1.81. The van der Waals surface area contributed by atoms with Gasteiger partial charge in [0.05, 0.1) is 5.03 Å². The molecule has 0 unspecified atom stereocenters. The van der Waals surface area contributed by atoms with Gasteiger partial charge >= 0.3 is 0 Å². The number of rotatable bonds is 3.